The average molecular weight is 284 g/mol. The van der Waals surface area contributed by atoms with Crippen molar-refractivity contribution in [3.8, 4) is 0 Å². The first-order valence-electron chi connectivity index (χ1n) is 6.98. The number of hydrogen-bond acceptors (Lipinski definition) is 3. The third-order valence-electron chi connectivity index (χ3n) is 4.02. The van der Waals surface area contributed by atoms with Crippen LogP contribution in [-0.2, 0) is 6.42 Å². The number of rotatable bonds is 3. The first-order chi connectivity index (χ1) is 9.49. The number of hydrogen-bond donors (Lipinski definition) is 1. The summed E-state index contributed by atoms with van der Waals surface area (Å²) in [4.78, 5) is 4.27. The molecule has 1 fully saturated rings. The van der Waals surface area contributed by atoms with E-state index in [4.69, 9.17) is 0 Å². The average Bonchev–Trinajstić information content (AvgIpc) is 2.57. The first-order valence-corrected chi connectivity index (χ1v) is 6.98. The molecule has 1 aromatic rings. The van der Waals surface area contributed by atoms with Gasteiger partial charge in [0.25, 0.3) is 0 Å². The maximum atomic E-state index is 13.7. The molecule has 0 aromatic heterocycles. The number of benzene rings is 1. The SMILES string of the molecule is CN1CCCN(C)C(C(O)Cc2cccc(F)c2F)C1. The topological polar surface area (TPSA) is 26.7 Å². The number of halogens is 2. The van der Waals surface area contributed by atoms with Crippen molar-refractivity contribution in [3.63, 3.8) is 0 Å². The van der Waals surface area contributed by atoms with Crippen molar-refractivity contribution >= 4 is 0 Å². The molecule has 1 aliphatic heterocycles. The molecule has 1 aliphatic rings. The molecule has 1 aromatic carbocycles. The lowest BCUT2D eigenvalue weighted by Crippen LogP contribution is -2.47. The second kappa shape index (κ2) is 6.61. The number of aliphatic hydroxyl groups is 1. The number of aliphatic hydroxyl groups excluding tert-OH is 1. The molecule has 1 heterocycles. The van der Waals surface area contributed by atoms with Crippen LogP contribution in [0.15, 0.2) is 18.2 Å². The molecule has 0 aliphatic carbocycles. The lowest BCUT2D eigenvalue weighted by atomic mass is 10.0. The van der Waals surface area contributed by atoms with Crippen molar-refractivity contribution in [1.82, 2.24) is 9.80 Å². The lowest BCUT2D eigenvalue weighted by molar-refractivity contribution is 0.0574. The molecule has 0 bridgehead atoms. The van der Waals surface area contributed by atoms with Crippen LogP contribution in [0.2, 0.25) is 0 Å². The van der Waals surface area contributed by atoms with Crippen LogP contribution in [0.3, 0.4) is 0 Å². The zero-order chi connectivity index (χ0) is 14.7. The highest BCUT2D eigenvalue weighted by molar-refractivity contribution is 5.20. The van der Waals surface area contributed by atoms with E-state index in [1.54, 1.807) is 0 Å². The zero-order valence-corrected chi connectivity index (χ0v) is 12.0. The van der Waals surface area contributed by atoms with E-state index in [0.29, 0.717) is 0 Å². The van der Waals surface area contributed by atoms with E-state index in [1.165, 1.54) is 12.1 Å². The number of nitrogens with zero attached hydrogens (tertiary/aromatic N) is 2. The van der Waals surface area contributed by atoms with Gasteiger partial charge in [-0.25, -0.2) is 8.78 Å². The first kappa shape index (κ1) is 15.4. The Morgan fingerprint density at radius 2 is 2.05 bits per heavy atom. The second-order valence-electron chi connectivity index (χ2n) is 5.65. The quantitative estimate of drug-likeness (QED) is 0.911. The Hall–Kier alpha value is -1.04. The molecule has 0 spiro atoms. The van der Waals surface area contributed by atoms with Crippen LogP contribution in [0, 0.1) is 11.6 Å². The van der Waals surface area contributed by atoms with Crippen LogP contribution in [-0.4, -0.2) is 60.8 Å². The van der Waals surface area contributed by atoms with Crippen LogP contribution in [0.5, 0.6) is 0 Å². The van der Waals surface area contributed by atoms with Gasteiger partial charge in [-0.05, 0) is 45.2 Å². The summed E-state index contributed by atoms with van der Waals surface area (Å²) in [5, 5.41) is 10.4. The Balaban J connectivity index is 2.09. The van der Waals surface area contributed by atoms with E-state index in [2.05, 4.69) is 9.80 Å². The predicted octanol–water partition coefficient (Wildman–Crippen LogP) is 1.50. The Morgan fingerprint density at radius 1 is 1.30 bits per heavy atom. The van der Waals surface area contributed by atoms with Gasteiger partial charge in [-0.2, -0.15) is 0 Å². The minimum absolute atomic E-state index is 0.0647. The Bertz CT molecular complexity index is 455. The minimum atomic E-state index is -0.860. The normalized spacial score (nSPS) is 23.6. The molecular formula is C15H22F2N2O. The molecule has 3 nitrogen and oxygen atoms in total. The molecule has 1 N–H and O–H groups in total. The summed E-state index contributed by atoms with van der Waals surface area (Å²) in [7, 11) is 3.98. The van der Waals surface area contributed by atoms with Crippen LogP contribution >= 0.6 is 0 Å². The summed E-state index contributed by atoms with van der Waals surface area (Å²) in [6, 6.07) is 4.03. The zero-order valence-electron chi connectivity index (χ0n) is 12.0. The van der Waals surface area contributed by atoms with Crippen LogP contribution in [0.25, 0.3) is 0 Å². The predicted molar refractivity (Wildman–Crippen MR) is 74.6 cm³/mol. The highest BCUT2D eigenvalue weighted by atomic mass is 19.2. The monoisotopic (exact) mass is 284 g/mol. The molecular weight excluding hydrogens is 262 g/mol. The van der Waals surface area contributed by atoms with Crippen molar-refractivity contribution < 1.29 is 13.9 Å². The molecule has 5 heteroatoms. The van der Waals surface area contributed by atoms with Crippen LogP contribution in [0.1, 0.15) is 12.0 Å². The summed E-state index contributed by atoms with van der Waals surface area (Å²) in [5.74, 6) is -1.71. The van der Waals surface area contributed by atoms with E-state index >= 15 is 0 Å². The minimum Gasteiger partial charge on any atom is -0.391 e. The standard InChI is InChI=1S/C15H22F2N2O/c1-18-7-4-8-19(2)13(10-18)14(20)9-11-5-3-6-12(16)15(11)17/h3,5-6,13-14,20H,4,7-10H2,1-2H3. The molecule has 0 saturated carbocycles. The van der Waals surface area contributed by atoms with Crippen molar-refractivity contribution in [2.75, 3.05) is 33.7 Å². The van der Waals surface area contributed by atoms with E-state index in [-0.39, 0.29) is 18.0 Å². The van der Waals surface area contributed by atoms with Crippen molar-refractivity contribution in [2.24, 2.45) is 0 Å². The van der Waals surface area contributed by atoms with Crippen LogP contribution < -0.4 is 0 Å². The fourth-order valence-corrected chi connectivity index (χ4v) is 2.79. The smallest absolute Gasteiger partial charge is 0.162 e. The molecule has 112 valence electrons. The third-order valence-corrected chi connectivity index (χ3v) is 4.02. The van der Waals surface area contributed by atoms with Gasteiger partial charge in [-0.15, -0.1) is 0 Å². The summed E-state index contributed by atoms with van der Waals surface area (Å²) < 4.78 is 26.9. The molecule has 1 saturated heterocycles. The Kier molecular flexibility index (Phi) is 5.07. The fourth-order valence-electron chi connectivity index (χ4n) is 2.79. The van der Waals surface area contributed by atoms with Gasteiger partial charge < -0.3 is 10.0 Å². The largest absolute Gasteiger partial charge is 0.391 e. The summed E-state index contributed by atoms with van der Waals surface area (Å²) in [6.07, 6.45) is 0.466. The maximum absolute atomic E-state index is 13.7. The second-order valence-corrected chi connectivity index (χ2v) is 5.65. The molecule has 0 amide bonds. The molecule has 2 unspecified atom stereocenters. The molecule has 20 heavy (non-hydrogen) atoms. The van der Waals surface area contributed by atoms with E-state index in [0.717, 1.165) is 32.1 Å². The highest BCUT2D eigenvalue weighted by Crippen LogP contribution is 2.18. The van der Waals surface area contributed by atoms with Gasteiger partial charge in [0.05, 0.1) is 6.10 Å². The summed E-state index contributed by atoms with van der Waals surface area (Å²) in [5.41, 5.74) is 0.234. The van der Waals surface area contributed by atoms with E-state index in [9.17, 15) is 13.9 Å². The van der Waals surface area contributed by atoms with Crippen LogP contribution in [0.4, 0.5) is 8.78 Å². The molecule has 2 rings (SSSR count). The van der Waals surface area contributed by atoms with E-state index < -0.39 is 17.7 Å². The van der Waals surface area contributed by atoms with E-state index in [1.807, 2.05) is 14.1 Å². The van der Waals surface area contributed by atoms with Crippen molar-refractivity contribution in [3.05, 3.63) is 35.4 Å². The number of likely N-dealkylation sites (N-methyl/N-ethyl adjacent to an activating group) is 2. The molecule has 0 radical (unpaired) electrons. The highest BCUT2D eigenvalue weighted by Gasteiger charge is 2.28. The van der Waals surface area contributed by atoms with Gasteiger partial charge in [0.1, 0.15) is 0 Å². The Morgan fingerprint density at radius 3 is 2.80 bits per heavy atom. The van der Waals surface area contributed by atoms with Crippen molar-refractivity contribution in [1.29, 1.82) is 0 Å². The summed E-state index contributed by atoms with van der Waals surface area (Å²) >= 11 is 0. The Labute approximate surface area is 118 Å². The molecule has 2 atom stereocenters. The van der Waals surface area contributed by atoms with Gasteiger partial charge in [0, 0.05) is 19.0 Å². The van der Waals surface area contributed by atoms with Gasteiger partial charge in [0.15, 0.2) is 11.6 Å². The third kappa shape index (κ3) is 3.53. The van der Waals surface area contributed by atoms with Gasteiger partial charge in [-0.1, -0.05) is 12.1 Å². The lowest BCUT2D eigenvalue weighted by Gasteiger charge is -2.31. The van der Waals surface area contributed by atoms with Gasteiger partial charge >= 0.3 is 0 Å². The maximum Gasteiger partial charge on any atom is 0.162 e. The van der Waals surface area contributed by atoms with Gasteiger partial charge in [0.2, 0.25) is 0 Å². The summed E-state index contributed by atoms with van der Waals surface area (Å²) in [6.45, 7) is 2.62. The van der Waals surface area contributed by atoms with Crippen molar-refractivity contribution in [2.45, 2.75) is 25.0 Å². The van der Waals surface area contributed by atoms with Gasteiger partial charge in [-0.3, -0.25) is 4.90 Å². The fraction of sp³-hybridized carbons (Fsp3) is 0.600.